The first-order valence-corrected chi connectivity index (χ1v) is 9.86. The van der Waals surface area contributed by atoms with E-state index in [1.165, 1.54) is 0 Å². The van der Waals surface area contributed by atoms with E-state index in [1.807, 2.05) is 69.5 Å². The van der Waals surface area contributed by atoms with Gasteiger partial charge in [-0.3, -0.25) is 4.79 Å². The maximum atomic E-state index is 12.7. The maximum absolute atomic E-state index is 12.7. The third-order valence-electron chi connectivity index (χ3n) is 4.29. The monoisotopic (exact) mass is 369 g/mol. The number of benzene rings is 2. The molecule has 5 heteroatoms. The van der Waals surface area contributed by atoms with Gasteiger partial charge in [0, 0.05) is 15.8 Å². The van der Waals surface area contributed by atoms with Crippen molar-refractivity contribution in [3.05, 3.63) is 59.4 Å². The Morgan fingerprint density at radius 2 is 2.08 bits per heavy atom. The molecule has 1 unspecified atom stereocenters. The molecule has 1 N–H and O–H groups in total. The Morgan fingerprint density at radius 3 is 2.81 bits per heavy atom. The lowest BCUT2D eigenvalue weighted by atomic mass is 10.1. The van der Waals surface area contributed by atoms with Crippen LogP contribution in [0.1, 0.15) is 41.6 Å². The van der Waals surface area contributed by atoms with Crippen LogP contribution in [-0.2, 0) is 0 Å². The largest absolute Gasteiger partial charge is 0.490 e. The van der Waals surface area contributed by atoms with Crippen molar-refractivity contribution in [1.29, 1.82) is 0 Å². The number of rotatable bonds is 6. The van der Waals surface area contributed by atoms with Gasteiger partial charge in [0.1, 0.15) is 5.76 Å². The molecular weight excluding hydrogens is 346 g/mol. The molecule has 1 heterocycles. The fourth-order valence-corrected chi connectivity index (χ4v) is 3.30. The highest BCUT2D eigenvalue weighted by molar-refractivity contribution is 7.98. The Kier molecular flexibility index (Phi) is 5.57. The highest BCUT2D eigenvalue weighted by Gasteiger charge is 2.18. The molecule has 1 amide bonds. The Hall–Kier alpha value is -2.40. The SMILES string of the molecule is CCOc1cccc2cc(C(C)NC(=O)c3cc(SC)ccc3C)oc12. The lowest BCUT2D eigenvalue weighted by molar-refractivity contribution is 0.0935. The number of furan rings is 1. The standard InChI is InChI=1S/C21H23NO3S/c1-5-24-18-8-6-7-15-11-19(25-20(15)18)14(3)22-21(23)17-12-16(26-4)10-9-13(17)2/h6-12,14H,5H2,1-4H3,(H,22,23). The minimum atomic E-state index is -0.248. The fraction of sp³-hybridized carbons (Fsp3) is 0.286. The van der Waals surface area contributed by atoms with Gasteiger partial charge in [-0.15, -0.1) is 11.8 Å². The summed E-state index contributed by atoms with van der Waals surface area (Å²) in [4.78, 5) is 13.8. The van der Waals surface area contributed by atoms with E-state index in [9.17, 15) is 4.79 Å². The van der Waals surface area contributed by atoms with Gasteiger partial charge in [-0.2, -0.15) is 0 Å². The number of para-hydroxylation sites is 1. The molecule has 0 saturated carbocycles. The molecule has 26 heavy (non-hydrogen) atoms. The molecule has 3 aromatic rings. The normalized spacial score (nSPS) is 12.2. The first-order valence-electron chi connectivity index (χ1n) is 8.64. The van der Waals surface area contributed by atoms with Crippen molar-refractivity contribution in [2.75, 3.05) is 12.9 Å². The molecule has 0 aliphatic heterocycles. The van der Waals surface area contributed by atoms with Crippen LogP contribution in [0, 0.1) is 6.92 Å². The fourth-order valence-electron chi connectivity index (χ4n) is 2.86. The zero-order valence-corrected chi connectivity index (χ0v) is 16.3. The molecule has 0 saturated heterocycles. The molecule has 136 valence electrons. The number of carbonyl (C=O) groups is 1. The van der Waals surface area contributed by atoms with Crippen LogP contribution in [0.15, 0.2) is 51.8 Å². The van der Waals surface area contributed by atoms with Gasteiger partial charge in [0.25, 0.3) is 5.91 Å². The Balaban J connectivity index is 1.84. The number of aryl methyl sites for hydroxylation is 1. The van der Waals surface area contributed by atoms with Crippen LogP contribution in [0.2, 0.25) is 0 Å². The molecule has 4 nitrogen and oxygen atoms in total. The lowest BCUT2D eigenvalue weighted by Gasteiger charge is -2.13. The maximum Gasteiger partial charge on any atom is 0.252 e. The summed E-state index contributed by atoms with van der Waals surface area (Å²) in [6.45, 7) is 6.38. The van der Waals surface area contributed by atoms with Gasteiger partial charge in [-0.05, 0) is 56.9 Å². The van der Waals surface area contributed by atoms with Crippen LogP contribution in [0.25, 0.3) is 11.0 Å². The number of hydrogen-bond donors (Lipinski definition) is 1. The zero-order valence-electron chi connectivity index (χ0n) is 15.5. The Bertz CT molecular complexity index is 932. The number of ether oxygens (including phenoxy) is 1. The molecule has 0 aliphatic rings. The van der Waals surface area contributed by atoms with Gasteiger partial charge in [-0.25, -0.2) is 0 Å². The summed E-state index contributed by atoms with van der Waals surface area (Å²) in [5.74, 6) is 1.33. The van der Waals surface area contributed by atoms with Crippen molar-refractivity contribution in [3.63, 3.8) is 0 Å². The number of thioether (sulfide) groups is 1. The van der Waals surface area contributed by atoms with E-state index in [4.69, 9.17) is 9.15 Å². The van der Waals surface area contributed by atoms with Crippen molar-refractivity contribution in [3.8, 4) is 5.75 Å². The summed E-state index contributed by atoms with van der Waals surface area (Å²) < 4.78 is 11.6. The van der Waals surface area contributed by atoms with Crippen molar-refractivity contribution < 1.29 is 13.9 Å². The summed E-state index contributed by atoms with van der Waals surface area (Å²) in [7, 11) is 0. The smallest absolute Gasteiger partial charge is 0.252 e. The molecule has 0 aliphatic carbocycles. The number of nitrogens with one attached hydrogen (secondary N) is 1. The predicted molar refractivity (Wildman–Crippen MR) is 106 cm³/mol. The Labute approximate surface area is 157 Å². The van der Waals surface area contributed by atoms with E-state index >= 15 is 0 Å². The first kappa shape index (κ1) is 18.4. The quantitative estimate of drug-likeness (QED) is 0.595. The van der Waals surface area contributed by atoms with E-state index in [2.05, 4.69) is 5.32 Å². The highest BCUT2D eigenvalue weighted by Crippen LogP contribution is 2.31. The molecule has 2 aromatic carbocycles. The topological polar surface area (TPSA) is 51.5 Å². The summed E-state index contributed by atoms with van der Waals surface area (Å²) >= 11 is 1.62. The second-order valence-electron chi connectivity index (χ2n) is 6.13. The Morgan fingerprint density at radius 1 is 1.27 bits per heavy atom. The number of hydrogen-bond acceptors (Lipinski definition) is 4. The van der Waals surface area contributed by atoms with Crippen LogP contribution in [0.4, 0.5) is 0 Å². The van der Waals surface area contributed by atoms with Crippen LogP contribution in [0.3, 0.4) is 0 Å². The van der Waals surface area contributed by atoms with Gasteiger partial charge in [0.15, 0.2) is 11.3 Å². The van der Waals surface area contributed by atoms with Gasteiger partial charge in [0.05, 0.1) is 12.6 Å². The number of fused-ring (bicyclic) bond motifs is 1. The van der Waals surface area contributed by atoms with Gasteiger partial charge in [0.2, 0.25) is 0 Å². The molecule has 0 spiro atoms. The average molecular weight is 369 g/mol. The molecule has 3 rings (SSSR count). The first-order chi connectivity index (χ1) is 12.5. The summed E-state index contributed by atoms with van der Waals surface area (Å²) in [6.07, 6.45) is 2.00. The van der Waals surface area contributed by atoms with Gasteiger partial charge >= 0.3 is 0 Å². The van der Waals surface area contributed by atoms with Crippen molar-refractivity contribution in [2.45, 2.75) is 31.7 Å². The van der Waals surface area contributed by atoms with Gasteiger partial charge in [-0.1, -0.05) is 18.2 Å². The number of amides is 1. The molecule has 0 radical (unpaired) electrons. The van der Waals surface area contributed by atoms with Gasteiger partial charge < -0.3 is 14.5 Å². The highest BCUT2D eigenvalue weighted by atomic mass is 32.2. The molecule has 0 bridgehead atoms. The predicted octanol–water partition coefficient (Wildman–Crippen LogP) is 5.35. The molecule has 1 aromatic heterocycles. The summed E-state index contributed by atoms with van der Waals surface area (Å²) in [5, 5.41) is 4.00. The molecule has 0 fully saturated rings. The van der Waals surface area contributed by atoms with E-state index in [0.29, 0.717) is 23.5 Å². The van der Waals surface area contributed by atoms with Crippen LogP contribution in [-0.4, -0.2) is 18.8 Å². The average Bonchev–Trinajstić information content (AvgIpc) is 3.08. The summed E-state index contributed by atoms with van der Waals surface area (Å²) in [5.41, 5.74) is 2.36. The molecule has 1 atom stereocenters. The van der Waals surface area contributed by atoms with E-state index in [-0.39, 0.29) is 11.9 Å². The third kappa shape index (κ3) is 3.73. The minimum Gasteiger partial charge on any atom is -0.490 e. The second-order valence-corrected chi connectivity index (χ2v) is 7.01. The summed E-state index contributed by atoms with van der Waals surface area (Å²) in [6, 6.07) is 13.4. The zero-order chi connectivity index (χ0) is 18.7. The lowest BCUT2D eigenvalue weighted by Crippen LogP contribution is -2.27. The van der Waals surface area contributed by atoms with Crippen molar-refractivity contribution in [2.24, 2.45) is 0 Å². The van der Waals surface area contributed by atoms with Crippen molar-refractivity contribution >= 4 is 28.6 Å². The number of carbonyl (C=O) groups excluding carboxylic acids is 1. The van der Waals surface area contributed by atoms with Crippen LogP contribution < -0.4 is 10.1 Å². The van der Waals surface area contributed by atoms with E-state index in [0.717, 1.165) is 21.6 Å². The van der Waals surface area contributed by atoms with Crippen LogP contribution >= 0.6 is 11.8 Å². The van der Waals surface area contributed by atoms with E-state index < -0.39 is 0 Å². The van der Waals surface area contributed by atoms with E-state index in [1.54, 1.807) is 11.8 Å². The molecular formula is C21H23NO3S. The van der Waals surface area contributed by atoms with Crippen molar-refractivity contribution in [1.82, 2.24) is 5.32 Å². The minimum absolute atomic E-state index is 0.101. The second kappa shape index (κ2) is 7.87. The third-order valence-corrected chi connectivity index (χ3v) is 5.02. The van der Waals surface area contributed by atoms with Crippen LogP contribution in [0.5, 0.6) is 5.75 Å².